The van der Waals surface area contributed by atoms with Gasteiger partial charge in [0.05, 0.1) is 17.6 Å². The molecular formula is C14H13N4NaO2. The quantitative estimate of drug-likeness (QED) is 0.637. The van der Waals surface area contributed by atoms with E-state index in [1.54, 1.807) is 10.7 Å². The van der Waals surface area contributed by atoms with E-state index in [-0.39, 0.29) is 36.5 Å². The van der Waals surface area contributed by atoms with Crippen molar-refractivity contribution in [3.8, 4) is 11.4 Å². The van der Waals surface area contributed by atoms with Gasteiger partial charge in [-0.1, -0.05) is 13.0 Å². The minimum Gasteiger partial charge on any atom is -1.00 e. The number of carbonyl (C=O) groups is 1. The fourth-order valence-corrected chi connectivity index (χ4v) is 2.07. The number of aromatic nitrogens is 4. The molecule has 0 saturated carbocycles. The molecule has 7 heteroatoms. The number of hydrogen-bond acceptors (Lipinski definition) is 4. The van der Waals surface area contributed by atoms with E-state index in [2.05, 4.69) is 15.1 Å². The van der Waals surface area contributed by atoms with Crippen molar-refractivity contribution in [1.82, 2.24) is 19.6 Å². The van der Waals surface area contributed by atoms with Crippen LogP contribution in [-0.4, -0.2) is 30.7 Å². The summed E-state index contributed by atoms with van der Waals surface area (Å²) in [5.41, 5.74) is 2.69. The summed E-state index contributed by atoms with van der Waals surface area (Å²) in [6.07, 6.45) is 3.73. The number of hydrogen-bond donors (Lipinski definition) is 1. The van der Waals surface area contributed by atoms with Gasteiger partial charge in [-0.3, -0.25) is 4.98 Å². The van der Waals surface area contributed by atoms with Crippen LogP contribution in [-0.2, 0) is 6.42 Å². The van der Waals surface area contributed by atoms with Gasteiger partial charge in [0.15, 0.2) is 5.65 Å². The van der Waals surface area contributed by atoms with Gasteiger partial charge in [-0.15, -0.1) is 0 Å². The van der Waals surface area contributed by atoms with Crippen LogP contribution in [0.1, 0.15) is 24.4 Å². The predicted octanol–water partition coefficient (Wildman–Crippen LogP) is -0.832. The normalized spacial score (nSPS) is 10.3. The summed E-state index contributed by atoms with van der Waals surface area (Å²) in [5, 5.41) is 13.3. The molecule has 0 spiro atoms. The van der Waals surface area contributed by atoms with E-state index >= 15 is 0 Å². The molecule has 0 atom stereocenters. The van der Waals surface area contributed by atoms with Crippen LogP contribution in [0.15, 0.2) is 36.7 Å². The van der Waals surface area contributed by atoms with Crippen LogP contribution in [0.5, 0.6) is 0 Å². The van der Waals surface area contributed by atoms with Gasteiger partial charge >= 0.3 is 35.5 Å². The Hall–Kier alpha value is -1.76. The fourth-order valence-electron chi connectivity index (χ4n) is 2.07. The maximum Gasteiger partial charge on any atom is 1.00 e. The molecule has 0 radical (unpaired) electrons. The van der Waals surface area contributed by atoms with E-state index in [0.717, 1.165) is 12.1 Å². The van der Waals surface area contributed by atoms with Crippen LogP contribution in [0.2, 0.25) is 0 Å². The molecule has 21 heavy (non-hydrogen) atoms. The summed E-state index contributed by atoms with van der Waals surface area (Å²) in [4.78, 5) is 19.9. The van der Waals surface area contributed by atoms with Crippen molar-refractivity contribution in [2.24, 2.45) is 0 Å². The second-order valence-electron chi connectivity index (χ2n) is 4.30. The maximum atomic E-state index is 11.2. The second-order valence-corrected chi connectivity index (χ2v) is 4.30. The SMILES string of the molecule is CCc1cc(-c2ccccn2)nc2c(C(=O)O)cnn12.[H-].[Na+]. The molecule has 3 aromatic heterocycles. The zero-order chi connectivity index (χ0) is 14.1. The van der Waals surface area contributed by atoms with Gasteiger partial charge in [0.1, 0.15) is 5.56 Å². The van der Waals surface area contributed by atoms with Gasteiger partial charge in [-0.2, -0.15) is 5.10 Å². The molecule has 3 rings (SSSR count). The summed E-state index contributed by atoms with van der Waals surface area (Å²) < 4.78 is 1.57. The second kappa shape index (κ2) is 6.34. The van der Waals surface area contributed by atoms with Crippen molar-refractivity contribution >= 4 is 11.6 Å². The average Bonchev–Trinajstić information content (AvgIpc) is 2.91. The van der Waals surface area contributed by atoms with Gasteiger partial charge in [0.2, 0.25) is 0 Å². The zero-order valence-corrected chi connectivity index (χ0v) is 13.8. The third kappa shape index (κ3) is 2.83. The van der Waals surface area contributed by atoms with Crippen molar-refractivity contribution in [3.63, 3.8) is 0 Å². The van der Waals surface area contributed by atoms with Crippen molar-refractivity contribution in [2.75, 3.05) is 0 Å². The molecule has 102 valence electrons. The average molecular weight is 292 g/mol. The Labute approximate surface area is 144 Å². The Kier molecular flexibility index (Phi) is 4.72. The molecule has 0 amide bonds. The molecule has 0 aromatic carbocycles. The van der Waals surface area contributed by atoms with Crippen LogP contribution in [0.4, 0.5) is 0 Å². The summed E-state index contributed by atoms with van der Waals surface area (Å²) in [5.74, 6) is -1.03. The molecule has 6 nitrogen and oxygen atoms in total. The van der Waals surface area contributed by atoms with Gasteiger partial charge in [0.25, 0.3) is 0 Å². The van der Waals surface area contributed by atoms with E-state index in [1.165, 1.54) is 6.20 Å². The summed E-state index contributed by atoms with van der Waals surface area (Å²) in [6, 6.07) is 7.42. The Balaban J connectivity index is 0.00000121. The first-order chi connectivity index (χ1) is 9.70. The minimum absolute atomic E-state index is 0. The standard InChI is InChI=1S/C14H12N4O2.Na.H/c1-2-9-7-12(11-5-3-4-6-15-11)17-13-10(14(19)20)8-16-18(9)13;;/h3-8H,2H2,1H3,(H,19,20);;/q;+1;-1. The van der Waals surface area contributed by atoms with Crippen LogP contribution in [0, 0.1) is 0 Å². The van der Waals surface area contributed by atoms with Crippen molar-refractivity contribution in [3.05, 3.63) is 47.9 Å². The third-order valence-electron chi connectivity index (χ3n) is 3.07. The number of nitrogens with zero attached hydrogens (tertiary/aromatic N) is 4. The number of aryl methyl sites for hydroxylation is 1. The molecule has 0 saturated heterocycles. The zero-order valence-electron chi connectivity index (χ0n) is 12.8. The third-order valence-corrected chi connectivity index (χ3v) is 3.07. The van der Waals surface area contributed by atoms with Crippen molar-refractivity contribution < 1.29 is 40.9 Å². The van der Waals surface area contributed by atoms with Gasteiger partial charge in [-0.25, -0.2) is 14.3 Å². The first kappa shape index (κ1) is 15.6. The maximum absolute atomic E-state index is 11.2. The van der Waals surface area contributed by atoms with E-state index in [1.807, 2.05) is 31.2 Å². The number of aromatic carboxylic acids is 1. The Morgan fingerprint density at radius 2 is 2.19 bits per heavy atom. The molecular weight excluding hydrogens is 279 g/mol. The van der Waals surface area contributed by atoms with Crippen LogP contribution < -0.4 is 29.6 Å². The summed E-state index contributed by atoms with van der Waals surface area (Å²) in [7, 11) is 0. The van der Waals surface area contributed by atoms with Crippen LogP contribution >= 0.6 is 0 Å². The molecule has 0 bridgehead atoms. The molecule has 3 heterocycles. The minimum atomic E-state index is -1.03. The Morgan fingerprint density at radius 3 is 2.81 bits per heavy atom. The number of pyridine rings is 1. The summed E-state index contributed by atoms with van der Waals surface area (Å²) in [6.45, 7) is 1.99. The first-order valence-electron chi connectivity index (χ1n) is 6.23. The monoisotopic (exact) mass is 292 g/mol. The molecule has 3 aromatic rings. The topological polar surface area (TPSA) is 80.4 Å². The molecule has 0 aliphatic heterocycles. The van der Waals surface area contributed by atoms with Crippen LogP contribution in [0.25, 0.3) is 17.0 Å². The fraction of sp³-hybridized carbons (Fsp3) is 0.143. The molecule has 1 N–H and O–H groups in total. The van der Waals surface area contributed by atoms with Crippen LogP contribution in [0.3, 0.4) is 0 Å². The molecule has 0 aliphatic carbocycles. The number of fused-ring (bicyclic) bond motifs is 1. The molecule has 0 aliphatic rings. The van der Waals surface area contributed by atoms with Crippen molar-refractivity contribution in [2.45, 2.75) is 13.3 Å². The number of carboxylic acid groups (broad SMARTS) is 1. The van der Waals surface area contributed by atoms with Gasteiger partial charge in [0, 0.05) is 11.9 Å². The predicted molar refractivity (Wildman–Crippen MR) is 73.7 cm³/mol. The smallest absolute Gasteiger partial charge is 1.00 e. The number of rotatable bonds is 3. The Bertz CT molecular complexity index is 792. The van der Waals surface area contributed by atoms with E-state index in [9.17, 15) is 9.90 Å². The molecule has 0 unspecified atom stereocenters. The number of carboxylic acids is 1. The van der Waals surface area contributed by atoms with E-state index in [0.29, 0.717) is 17.0 Å². The summed E-state index contributed by atoms with van der Waals surface area (Å²) >= 11 is 0. The largest absolute Gasteiger partial charge is 1.00 e. The van der Waals surface area contributed by atoms with Gasteiger partial charge in [-0.05, 0) is 24.6 Å². The van der Waals surface area contributed by atoms with Gasteiger partial charge < -0.3 is 6.53 Å². The Morgan fingerprint density at radius 1 is 1.38 bits per heavy atom. The van der Waals surface area contributed by atoms with E-state index < -0.39 is 5.97 Å². The first-order valence-corrected chi connectivity index (χ1v) is 6.23. The van der Waals surface area contributed by atoms with E-state index in [4.69, 9.17) is 0 Å². The van der Waals surface area contributed by atoms with Crippen molar-refractivity contribution in [1.29, 1.82) is 0 Å². The molecule has 0 fully saturated rings.